The van der Waals surface area contributed by atoms with E-state index in [0.29, 0.717) is 40.4 Å². The van der Waals surface area contributed by atoms with Crippen LogP contribution in [-0.4, -0.2) is 41.1 Å². The average Bonchev–Trinajstić information content (AvgIpc) is 3.36. The standard InChI is InChI=1S/C23H23N3O5/c1-13(2)9-19(26-22(27)17-7-5-6-8-18(17)23(26)28)21-24-20(25-31-21)14-10-15(29-3)12-16(11-14)30-4/h5-8,10-13,19H,9H2,1-4H3/t19-/m1/s1. The lowest BCUT2D eigenvalue weighted by molar-refractivity contribution is 0.0529. The van der Waals surface area contributed by atoms with Crippen molar-refractivity contribution in [3.63, 3.8) is 0 Å². The van der Waals surface area contributed by atoms with Gasteiger partial charge in [0.2, 0.25) is 11.7 Å². The summed E-state index contributed by atoms with van der Waals surface area (Å²) >= 11 is 0. The van der Waals surface area contributed by atoms with Gasteiger partial charge in [0.1, 0.15) is 17.5 Å². The minimum absolute atomic E-state index is 0.182. The van der Waals surface area contributed by atoms with Crippen molar-refractivity contribution in [3.8, 4) is 22.9 Å². The molecule has 0 spiro atoms. The lowest BCUT2D eigenvalue weighted by atomic mass is 10.0. The van der Waals surface area contributed by atoms with Gasteiger partial charge in [-0.25, -0.2) is 0 Å². The number of rotatable bonds is 7. The molecule has 2 heterocycles. The Balaban J connectivity index is 1.72. The van der Waals surface area contributed by atoms with Crippen molar-refractivity contribution in [3.05, 3.63) is 59.5 Å². The minimum atomic E-state index is -0.666. The average molecular weight is 421 g/mol. The van der Waals surface area contributed by atoms with E-state index in [1.165, 1.54) is 4.90 Å². The van der Waals surface area contributed by atoms with Gasteiger partial charge in [-0.05, 0) is 36.6 Å². The fourth-order valence-electron chi connectivity index (χ4n) is 3.68. The van der Waals surface area contributed by atoms with E-state index < -0.39 is 6.04 Å². The number of hydrogen-bond acceptors (Lipinski definition) is 7. The van der Waals surface area contributed by atoms with Crippen LogP contribution in [0.25, 0.3) is 11.4 Å². The van der Waals surface area contributed by atoms with Crippen LogP contribution in [0.4, 0.5) is 0 Å². The first-order chi connectivity index (χ1) is 14.9. The third-order valence-corrected chi connectivity index (χ3v) is 5.17. The molecule has 0 aliphatic carbocycles. The van der Waals surface area contributed by atoms with Crippen LogP contribution in [0, 0.1) is 5.92 Å². The number of methoxy groups -OCH3 is 2. The van der Waals surface area contributed by atoms with Crippen molar-refractivity contribution in [2.24, 2.45) is 5.92 Å². The summed E-state index contributed by atoms with van der Waals surface area (Å²) in [7, 11) is 3.11. The SMILES string of the molecule is COc1cc(OC)cc(-c2noc([C@@H](CC(C)C)N3C(=O)c4ccccc4C3=O)n2)c1. The van der Waals surface area contributed by atoms with Crippen LogP contribution < -0.4 is 9.47 Å². The third-order valence-electron chi connectivity index (χ3n) is 5.17. The number of benzene rings is 2. The second-order valence-electron chi connectivity index (χ2n) is 7.73. The van der Waals surface area contributed by atoms with Crippen molar-refractivity contribution in [1.82, 2.24) is 15.0 Å². The topological polar surface area (TPSA) is 94.8 Å². The van der Waals surface area contributed by atoms with Crippen LogP contribution in [0.15, 0.2) is 47.0 Å². The van der Waals surface area contributed by atoms with E-state index in [1.807, 2.05) is 13.8 Å². The summed E-state index contributed by atoms with van der Waals surface area (Å²) < 4.78 is 16.2. The minimum Gasteiger partial charge on any atom is -0.497 e. The van der Waals surface area contributed by atoms with Crippen LogP contribution in [0.3, 0.4) is 0 Å². The van der Waals surface area contributed by atoms with Gasteiger partial charge in [0.25, 0.3) is 11.8 Å². The highest BCUT2D eigenvalue weighted by atomic mass is 16.5. The van der Waals surface area contributed by atoms with E-state index in [4.69, 9.17) is 14.0 Å². The molecule has 160 valence electrons. The maximum absolute atomic E-state index is 13.0. The summed E-state index contributed by atoms with van der Waals surface area (Å²) in [5.74, 6) is 1.17. The molecule has 8 heteroatoms. The van der Waals surface area contributed by atoms with Gasteiger partial charge in [-0.3, -0.25) is 14.5 Å². The Labute approximate surface area is 179 Å². The van der Waals surface area contributed by atoms with Gasteiger partial charge in [-0.2, -0.15) is 4.98 Å². The number of amides is 2. The van der Waals surface area contributed by atoms with Gasteiger partial charge in [-0.1, -0.05) is 31.1 Å². The molecule has 31 heavy (non-hydrogen) atoms. The van der Waals surface area contributed by atoms with E-state index in [-0.39, 0.29) is 23.6 Å². The molecule has 2 amide bonds. The number of carbonyl (C=O) groups is 2. The second kappa shape index (κ2) is 8.22. The second-order valence-corrected chi connectivity index (χ2v) is 7.73. The zero-order valence-corrected chi connectivity index (χ0v) is 17.8. The molecule has 8 nitrogen and oxygen atoms in total. The fraction of sp³-hybridized carbons (Fsp3) is 0.304. The molecule has 0 N–H and O–H groups in total. The first-order valence-corrected chi connectivity index (χ1v) is 9.97. The molecule has 1 aromatic heterocycles. The summed E-state index contributed by atoms with van der Waals surface area (Å²) in [6, 6.07) is 11.4. The molecule has 0 saturated heterocycles. The molecule has 2 aromatic carbocycles. The molecular formula is C23H23N3O5. The largest absolute Gasteiger partial charge is 0.497 e. The van der Waals surface area contributed by atoms with Gasteiger partial charge in [0.05, 0.1) is 25.3 Å². The summed E-state index contributed by atoms with van der Waals surface area (Å²) in [6.07, 6.45) is 0.495. The summed E-state index contributed by atoms with van der Waals surface area (Å²) in [4.78, 5) is 31.8. The van der Waals surface area contributed by atoms with E-state index in [2.05, 4.69) is 10.1 Å². The van der Waals surface area contributed by atoms with Gasteiger partial charge >= 0.3 is 0 Å². The molecule has 0 fully saturated rings. The lowest BCUT2D eigenvalue weighted by Gasteiger charge is -2.24. The Morgan fingerprint density at radius 2 is 1.55 bits per heavy atom. The molecule has 0 unspecified atom stereocenters. The van der Waals surface area contributed by atoms with Gasteiger partial charge in [0.15, 0.2) is 0 Å². The van der Waals surface area contributed by atoms with E-state index in [0.717, 1.165) is 0 Å². The monoisotopic (exact) mass is 421 g/mol. The molecule has 1 aliphatic heterocycles. The Bertz CT molecular complexity index is 1080. The predicted octanol–water partition coefficient (Wildman–Crippen LogP) is 4.14. The smallest absolute Gasteiger partial charge is 0.262 e. The van der Waals surface area contributed by atoms with E-state index in [9.17, 15) is 9.59 Å². The molecule has 3 aromatic rings. The van der Waals surface area contributed by atoms with Gasteiger partial charge in [0, 0.05) is 11.6 Å². The van der Waals surface area contributed by atoms with Crippen LogP contribution in [0.2, 0.25) is 0 Å². The number of imide groups is 1. The highest BCUT2D eigenvalue weighted by Gasteiger charge is 2.42. The predicted molar refractivity (Wildman–Crippen MR) is 112 cm³/mol. The summed E-state index contributed by atoms with van der Waals surface area (Å²) in [5, 5.41) is 4.09. The van der Waals surface area contributed by atoms with Crippen LogP contribution in [0.1, 0.15) is 52.9 Å². The van der Waals surface area contributed by atoms with Gasteiger partial charge in [-0.15, -0.1) is 0 Å². The quantitative estimate of drug-likeness (QED) is 0.529. The summed E-state index contributed by atoms with van der Waals surface area (Å²) in [5.41, 5.74) is 1.41. The van der Waals surface area contributed by atoms with Crippen LogP contribution in [-0.2, 0) is 0 Å². The number of hydrogen-bond donors (Lipinski definition) is 0. The maximum atomic E-state index is 13.0. The Morgan fingerprint density at radius 1 is 0.968 bits per heavy atom. The molecule has 0 radical (unpaired) electrons. The fourth-order valence-corrected chi connectivity index (χ4v) is 3.68. The Kier molecular flexibility index (Phi) is 5.46. The number of carbonyl (C=O) groups excluding carboxylic acids is 2. The highest BCUT2D eigenvalue weighted by Crippen LogP contribution is 2.36. The lowest BCUT2D eigenvalue weighted by Crippen LogP contribution is -2.35. The first-order valence-electron chi connectivity index (χ1n) is 9.97. The van der Waals surface area contributed by atoms with Crippen LogP contribution >= 0.6 is 0 Å². The molecule has 4 rings (SSSR count). The van der Waals surface area contributed by atoms with Crippen molar-refractivity contribution in [1.29, 1.82) is 0 Å². The van der Waals surface area contributed by atoms with E-state index in [1.54, 1.807) is 56.7 Å². The first kappa shape index (κ1) is 20.6. The zero-order chi connectivity index (χ0) is 22.1. The van der Waals surface area contributed by atoms with Crippen LogP contribution in [0.5, 0.6) is 11.5 Å². The van der Waals surface area contributed by atoms with Crippen molar-refractivity contribution in [2.45, 2.75) is 26.3 Å². The third kappa shape index (κ3) is 3.76. The van der Waals surface area contributed by atoms with Crippen molar-refractivity contribution in [2.75, 3.05) is 14.2 Å². The number of fused-ring (bicyclic) bond motifs is 1. The number of nitrogens with zero attached hydrogens (tertiary/aromatic N) is 3. The molecule has 1 atom stereocenters. The number of ether oxygens (including phenoxy) is 2. The number of aromatic nitrogens is 2. The van der Waals surface area contributed by atoms with Crippen molar-refractivity contribution < 1.29 is 23.6 Å². The Hall–Kier alpha value is -3.68. The Morgan fingerprint density at radius 3 is 2.06 bits per heavy atom. The zero-order valence-electron chi connectivity index (χ0n) is 17.8. The molecular weight excluding hydrogens is 398 g/mol. The molecule has 0 saturated carbocycles. The molecule has 0 bridgehead atoms. The maximum Gasteiger partial charge on any atom is 0.262 e. The molecule has 1 aliphatic rings. The normalized spacial score (nSPS) is 14.2. The highest BCUT2D eigenvalue weighted by molar-refractivity contribution is 6.21. The summed E-state index contributed by atoms with van der Waals surface area (Å²) in [6.45, 7) is 4.02. The van der Waals surface area contributed by atoms with Gasteiger partial charge < -0.3 is 14.0 Å². The van der Waals surface area contributed by atoms with Crippen molar-refractivity contribution >= 4 is 11.8 Å². The van der Waals surface area contributed by atoms with E-state index >= 15 is 0 Å².